The largest absolute Gasteiger partial charge is 0.390 e. The van der Waals surface area contributed by atoms with Crippen LogP contribution in [0.3, 0.4) is 0 Å². The van der Waals surface area contributed by atoms with Gasteiger partial charge in [0.15, 0.2) is 0 Å². The molecule has 5 heteroatoms. The Hall–Kier alpha value is -0.320. The van der Waals surface area contributed by atoms with Crippen molar-refractivity contribution in [2.75, 3.05) is 32.1 Å². The molecule has 1 atom stereocenters. The van der Waals surface area contributed by atoms with Gasteiger partial charge >= 0.3 is 0 Å². The number of amides is 1. The lowest BCUT2D eigenvalue weighted by Crippen LogP contribution is -2.38. The van der Waals surface area contributed by atoms with E-state index in [-0.39, 0.29) is 11.8 Å². The molecule has 0 aliphatic carbocycles. The third-order valence-electron chi connectivity index (χ3n) is 1.84. The molecule has 0 saturated carbocycles. The van der Waals surface area contributed by atoms with Gasteiger partial charge in [-0.2, -0.15) is 0 Å². The highest BCUT2D eigenvalue weighted by Crippen LogP contribution is 1.98. The van der Waals surface area contributed by atoms with E-state index >= 15 is 0 Å². The van der Waals surface area contributed by atoms with Gasteiger partial charge in [0.05, 0.1) is 6.10 Å². The Bertz CT molecular complexity index is 165. The standard InChI is InChI=1S/C7H13ClN2O2/c8-3-7(12)10-2-1-9-4-6(11)5-10/h6,9,11H,1-5H2. The van der Waals surface area contributed by atoms with Crippen LogP contribution in [0.25, 0.3) is 0 Å². The van der Waals surface area contributed by atoms with Gasteiger partial charge in [-0.05, 0) is 0 Å². The fourth-order valence-corrected chi connectivity index (χ4v) is 1.37. The van der Waals surface area contributed by atoms with Gasteiger partial charge in [0.25, 0.3) is 0 Å². The minimum Gasteiger partial charge on any atom is -0.390 e. The van der Waals surface area contributed by atoms with Crippen molar-refractivity contribution in [2.45, 2.75) is 6.10 Å². The lowest BCUT2D eigenvalue weighted by molar-refractivity contribution is -0.129. The van der Waals surface area contributed by atoms with Gasteiger partial charge in [-0.3, -0.25) is 4.79 Å². The topological polar surface area (TPSA) is 52.6 Å². The average molecular weight is 193 g/mol. The number of nitrogens with one attached hydrogen (secondary N) is 1. The summed E-state index contributed by atoms with van der Waals surface area (Å²) < 4.78 is 0. The highest BCUT2D eigenvalue weighted by atomic mass is 35.5. The SMILES string of the molecule is O=C(CCl)N1CCNCC(O)C1. The third kappa shape index (κ3) is 2.62. The molecule has 12 heavy (non-hydrogen) atoms. The number of hydrogen-bond acceptors (Lipinski definition) is 3. The molecule has 1 unspecified atom stereocenters. The van der Waals surface area contributed by atoms with Crippen molar-refractivity contribution >= 4 is 17.5 Å². The highest BCUT2D eigenvalue weighted by Gasteiger charge is 2.18. The molecule has 1 aliphatic heterocycles. The van der Waals surface area contributed by atoms with Crippen LogP contribution < -0.4 is 5.32 Å². The van der Waals surface area contributed by atoms with Gasteiger partial charge in [0, 0.05) is 26.2 Å². The summed E-state index contributed by atoms with van der Waals surface area (Å²) in [6.07, 6.45) is -0.473. The molecule has 0 aromatic heterocycles. The van der Waals surface area contributed by atoms with Crippen molar-refractivity contribution in [3.63, 3.8) is 0 Å². The molecule has 0 bridgehead atoms. The van der Waals surface area contributed by atoms with Gasteiger partial charge in [-0.25, -0.2) is 0 Å². The van der Waals surface area contributed by atoms with E-state index < -0.39 is 6.10 Å². The van der Waals surface area contributed by atoms with Gasteiger partial charge in [-0.15, -0.1) is 11.6 Å². The van der Waals surface area contributed by atoms with Crippen LogP contribution in [0.1, 0.15) is 0 Å². The number of rotatable bonds is 1. The summed E-state index contributed by atoms with van der Waals surface area (Å²) in [6, 6.07) is 0. The maximum atomic E-state index is 11.1. The van der Waals surface area contributed by atoms with Crippen LogP contribution in [0.5, 0.6) is 0 Å². The smallest absolute Gasteiger partial charge is 0.237 e. The van der Waals surface area contributed by atoms with E-state index in [2.05, 4.69) is 5.32 Å². The maximum Gasteiger partial charge on any atom is 0.237 e. The average Bonchev–Trinajstić information content (AvgIpc) is 2.28. The molecule has 1 amide bonds. The molecule has 1 rings (SSSR count). The molecule has 0 radical (unpaired) electrons. The summed E-state index contributed by atoms with van der Waals surface area (Å²) in [6.45, 7) is 2.28. The van der Waals surface area contributed by atoms with Crippen LogP contribution in [0, 0.1) is 0 Å². The summed E-state index contributed by atoms with van der Waals surface area (Å²) in [5, 5.41) is 12.3. The Morgan fingerprint density at radius 1 is 1.75 bits per heavy atom. The Morgan fingerprint density at radius 3 is 3.17 bits per heavy atom. The van der Waals surface area contributed by atoms with E-state index in [4.69, 9.17) is 11.6 Å². The first kappa shape index (κ1) is 9.77. The Balaban J connectivity index is 2.46. The number of β-amino-alcohol motifs (C(OH)–C–C–N with tert-alkyl or cyclic N) is 1. The van der Waals surface area contributed by atoms with Crippen molar-refractivity contribution in [3.8, 4) is 0 Å². The summed E-state index contributed by atoms with van der Waals surface area (Å²) in [7, 11) is 0. The van der Waals surface area contributed by atoms with Crippen LogP contribution in [0.4, 0.5) is 0 Å². The van der Waals surface area contributed by atoms with Gasteiger partial charge in [0.2, 0.25) is 5.91 Å². The maximum absolute atomic E-state index is 11.1. The summed E-state index contributed by atoms with van der Waals surface area (Å²) >= 11 is 5.39. The molecular formula is C7H13ClN2O2. The molecular weight excluding hydrogens is 180 g/mol. The monoisotopic (exact) mass is 192 g/mol. The van der Waals surface area contributed by atoms with E-state index in [1.807, 2.05) is 0 Å². The zero-order valence-corrected chi connectivity index (χ0v) is 7.55. The first-order chi connectivity index (χ1) is 5.74. The van der Waals surface area contributed by atoms with Crippen molar-refractivity contribution in [2.24, 2.45) is 0 Å². The predicted octanol–water partition coefficient (Wildman–Crippen LogP) is -0.982. The predicted molar refractivity (Wildman–Crippen MR) is 46.2 cm³/mol. The molecule has 1 fully saturated rings. The quantitative estimate of drug-likeness (QED) is 0.525. The van der Waals surface area contributed by atoms with E-state index in [1.54, 1.807) is 4.90 Å². The fraction of sp³-hybridized carbons (Fsp3) is 0.857. The Morgan fingerprint density at radius 2 is 2.50 bits per heavy atom. The number of aliphatic hydroxyl groups is 1. The molecule has 2 N–H and O–H groups in total. The van der Waals surface area contributed by atoms with Crippen LogP contribution >= 0.6 is 11.6 Å². The van der Waals surface area contributed by atoms with E-state index in [0.29, 0.717) is 19.6 Å². The van der Waals surface area contributed by atoms with E-state index in [9.17, 15) is 9.90 Å². The molecule has 4 nitrogen and oxygen atoms in total. The zero-order chi connectivity index (χ0) is 8.97. The first-order valence-electron chi connectivity index (χ1n) is 3.96. The molecule has 0 spiro atoms. The second-order valence-corrected chi connectivity index (χ2v) is 3.10. The number of nitrogens with zero attached hydrogens (tertiary/aromatic N) is 1. The van der Waals surface area contributed by atoms with E-state index in [1.165, 1.54) is 0 Å². The molecule has 70 valence electrons. The highest BCUT2D eigenvalue weighted by molar-refractivity contribution is 6.27. The molecule has 0 aromatic rings. The Labute approximate surface area is 76.5 Å². The van der Waals surface area contributed by atoms with Crippen LogP contribution in [0.15, 0.2) is 0 Å². The van der Waals surface area contributed by atoms with Gasteiger partial charge < -0.3 is 15.3 Å². The number of carbonyl (C=O) groups is 1. The lowest BCUT2D eigenvalue weighted by atomic mass is 10.3. The normalized spacial score (nSPS) is 25.2. The van der Waals surface area contributed by atoms with E-state index in [0.717, 1.165) is 6.54 Å². The second-order valence-electron chi connectivity index (χ2n) is 2.83. The zero-order valence-electron chi connectivity index (χ0n) is 6.79. The molecule has 1 heterocycles. The van der Waals surface area contributed by atoms with Gasteiger partial charge in [-0.1, -0.05) is 0 Å². The number of carbonyl (C=O) groups excluding carboxylic acids is 1. The molecule has 0 aromatic carbocycles. The summed E-state index contributed by atoms with van der Waals surface area (Å²) in [5.41, 5.74) is 0. The van der Waals surface area contributed by atoms with Crippen molar-refractivity contribution in [1.82, 2.24) is 10.2 Å². The summed E-state index contributed by atoms with van der Waals surface area (Å²) in [5.74, 6) is -0.119. The minimum atomic E-state index is -0.473. The van der Waals surface area contributed by atoms with Crippen molar-refractivity contribution in [3.05, 3.63) is 0 Å². The van der Waals surface area contributed by atoms with Crippen LogP contribution in [-0.2, 0) is 4.79 Å². The Kier molecular flexibility index (Phi) is 3.78. The van der Waals surface area contributed by atoms with Crippen LogP contribution in [0.2, 0.25) is 0 Å². The van der Waals surface area contributed by atoms with Crippen molar-refractivity contribution in [1.29, 1.82) is 0 Å². The van der Waals surface area contributed by atoms with Gasteiger partial charge in [0.1, 0.15) is 5.88 Å². The van der Waals surface area contributed by atoms with Crippen LogP contribution in [-0.4, -0.2) is 54.1 Å². The summed E-state index contributed by atoms with van der Waals surface area (Å²) in [4.78, 5) is 12.7. The van der Waals surface area contributed by atoms with Crippen molar-refractivity contribution < 1.29 is 9.90 Å². The number of alkyl halides is 1. The second kappa shape index (κ2) is 4.64. The minimum absolute atomic E-state index is 0.00722. The third-order valence-corrected chi connectivity index (χ3v) is 2.07. The number of aliphatic hydroxyl groups excluding tert-OH is 1. The number of halogens is 1. The molecule has 1 aliphatic rings. The fourth-order valence-electron chi connectivity index (χ4n) is 1.20. The molecule has 1 saturated heterocycles. The lowest BCUT2D eigenvalue weighted by Gasteiger charge is -2.20. The first-order valence-corrected chi connectivity index (χ1v) is 4.50. The number of hydrogen-bond donors (Lipinski definition) is 2.